The molecule has 0 bridgehead atoms. The van der Waals surface area contributed by atoms with Gasteiger partial charge in [0.1, 0.15) is 0 Å². The molecule has 0 radical (unpaired) electrons. The van der Waals surface area contributed by atoms with Gasteiger partial charge in [0.2, 0.25) is 5.91 Å². The van der Waals surface area contributed by atoms with Crippen molar-refractivity contribution < 1.29 is 4.79 Å². The number of anilines is 1. The molecule has 0 fully saturated rings. The van der Waals surface area contributed by atoms with Crippen LogP contribution in [-0.2, 0) is 4.79 Å². The van der Waals surface area contributed by atoms with E-state index in [9.17, 15) is 4.79 Å². The molecule has 1 amide bonds. The largest absolute Gasteiger partial charge is 0.325 e. The molecule has 1 aromatic heterocycles. The number of aryl methyl sites for hydroxylation is 1. The van der Waals surface area contributed by atoms with Crippen LogP contribution in [0.1, 0.15) is 37.9 Å². The Morgan fingerprint density at radius 1 is 1.24 bits per heavy atom. The molecule has 0 saturated carbocycles. The fourth-order valence-electron chi connectivity index (χ4n) is 1.79. The predicted octanol–water partition coefficient (Wildman–Crippen LogP) is 4.69. The second-order valence-electron chi connectivity index (χ2n) is 5.28. The zero-order valence-corrected chi connectivity index (χ0v) is 14.3. The maximum atomic E-state index is 12.2. The summed E-state index contributed by atoms with van der Waals surface area (Å²) >= 11 is 3.07. The third kappa shape index (κ3) is 4.58. The topological polar surface area (TPSA) is 42.0 Å². The van der Waals surface area contributed by atoms with Crippen molar-refractivity contribution in [2.45, 2.75) is 43.2 Å². The van der Waals surface area contributed by atoms with Gasteiger partial charge < -0.3 is 5.32 Å². The summed E-state index contributed by atoms with van der Waals surface area (Å²) < 4.78 is 0.935. The minimum absolute atomic E-state index is 0.00477. The highest BCUT2D eigenvalue weighted by Crippen LogP contribution is 2.27. The van der Waals surface area contributed by atoms with Crippen LogP contribution >= 0.6 is 23.1 Å². The van der Waals surface area contributed by atoms with E-state index in [-0.39, 0.29) is 11.2 Å². The summed E-state index contributed by atoms with van der Waals surface area (Å²) in [4.78, 5) is 16.6. The van der Waals surface area contributed by atoms with Gasteiger partial charge in [-0.3, -0.25) is 4.79 Å². The molecule has 112 valence electrons. The molecule has 5 heteroatoms. The van der Waals surface area contributed by atoms with Crippen LogP contribution in [-0.4, -0.2) is 16.1 Å². The van der Waals surface area contributed by atoms with Crippen molar-refractivity contribution in [2.75, 3.05) is 5.32 Å². The lowest BCUT2D eigenvalue weighted by molar-refractivity contribution is -0.115. The molecule has 0 aliphatic heterocycles. The highest BCUT2D eigenvalue weighted by molar-refractivity contribution is 8.02. The summed E-state index contributed by atoms with van der Waals surface area (Å²) in [6.07, 6.45) is 0. The van der Waals surface area contributed by atoms with Gasteiger partial charge in [0, 0.05) is 16.8 Å². The number of nitrogens with one attached hydrogen (secondary N) is 1. The minimum atomic E-state index is -0.166. The van der Waals surface area contributed by atoms with Crippen molar-refractivity contribution in [3.63, 3.8) is 0 Å². The molecule has 0 saturated heterocycles. The normalized spacial score (nSPS) is 12.4. The van der Waals surface area contributed by atoms with Crippen LogP contribution in [0.3, 0.4) is 0 Å². The summed E-state index contributed by atoms with van der Waals surface area (Å²) in [6.45, 7) is 8.17. The predicted molar refractivity (Wildman–Crippen MR) is 91.3 cm³/mol. The number of carbonyl (C=O) groups is 1. The van der Waals surface area contributed by atoms with Crippen LogP contribution in [0.15, 0.2) is 34.0 Å². The van der Waals surface area contributed by atoms with E-state index in [1.54, 1.807) is 11.3 Å². The average molecular weight is 320 g/mol. The first-order valence-corrected chi connectivity index (χ1v) is 8.71. The highest BCUT2D eigenvalue weighted by Gasteiger charge is 2.16. The van der Waals surface area contributed by atoms with Gasteiger partial charge in [-0.05, 0) is 37.5 Å². The van der Waals surface area contributed by atoms with Crippen LogP contribution in [0, 0.1) is 6.92 Å². The number of benzene rings is 1. The monoisotopic (exact) mass is 320 g/mol. The molecule has 21 heavy (non-hydrogen) atoms. The van der Waals surface area contributed by atoms with Gasteiger partial charge in [0.05, 0.1) is 5.25 Å². The van der Waals surface area contributed by atoms with Crippen molar-refractivity contribution in [1.29, 1.82) is 0 Å². The quantitative estimate of drug-likeness (QED) is 0.812. The Labute approximate surface area is 134 Å². The fraction of sp³-hybridized carbons (Fsp3) is 0.375. The Kier molecular flexibility index (Phi) is 5.42. The zero-order valence-electron chi connectivity index (χ0n) is 12.7. The highest BCUT2D eigenvalue weighted by atomic mass is 32.2. The molecular weight excluding hydrogens is 300 g/mol. The Hall–Kier alpha value is -1.33. The van der Waals surface area contributed by atoms with Crippen molar-refractivity contribution in [3.8, 4) is 0 Å². The van der Waals surface area contributed by atoms with E-state index in [1.807, 2.05) is 31.4 Å². The third-order valence-corrected chi connectivity index (χ3v) is 5.28. The average Bonchev–Trinajstić information content (AvgIpc) is 2.84. The second-order valence-corrected chi connectivity index (χ2v) is 7.73. The van der Waals surface area contributed by atoms with E-state index in [4.69, 9.17) is 0 Å². The van der Waals surface area contributed by atoms with E-state index in [0.29, 0.717) is 5.92 Å². The number of hydrogen-bond acceptors (Lipinski definition) is 4. The fourth-order valence-corrected chi connectivity index (χ4v) is 3.77. The van der Waals surface area contributed by atoms with E-state index >= 15 is 0 Å². The molecule has 1 heterocycles. The molecule has 1 N–H and O–H groups in total. The number of rotatable bonds is 5. The van der Waals surface area contributed by atoms with Gasteiger partial charge in [-0.1, -0.05) is 37.7 Å². The Morgan fingerprint density at radius 3 is 2.43 bits per heavy atom. The van der Waals surface area contributed by atoms with Crippen molar-refractivity contribution in [1.82, 2.24) is 4.98 Å². The summed E-state index contributed by atoms with van der Waals surface area (Å²) in [5, 5.41) is 4.78. The molecule has 0 aliphatic rings. The maximum absolute atomic E-state index is 12.2. The van der Waals surface area contributed by atoms with Gasteiger partial charge in [0.25, 0.3) is 0 Å². The maximum Gasteiger partial charge on any atom is 0.237 e. The van der Waals surface area contributed by atoms with Gasteiger partial charge >= 0.3 is 0 Å². The smallest absolute Gasteiger partial charge is 0.237 e. The molecule has 3 nitrogen and oxygen atoms in total. The van der Waals surface area contributed by atoms with Gasteiger partial charge in [-0.25, -0.2) is 4.98 Å². The SMILES string of the molecule is Cc1csc(SC(C)C(=O)Nc2ccc(C(C)C)cc2)n1. The van der Waals surface area contributed by atoms with E-state index in [2.05, 4.69) is 36.3 Å². The molecule has 0 aliphatic carbocycles. The van der Waals surface area contributed by atoms with Crippen LogP contribution in [0.4, 0.5) is 5.69 Å². The molecule has 2 rings (SSSR count). The first-order valence-electron chi connectivity index (χ1n) is 6.95. The number of thiazole rings is 1. The Morgan fingerprint density at radius 2 is 1.90 bits per heavy atom. The number of aromatic nitrogens is 1. The number of nitrogens with zero attached hydrogens (tertiary/aromatic N) is 1. The number of amides is 1. The number of hydrogen-bond donors (Lipinski definition) is 1. The van der Waals surface area contributed by atoms with E-state index < -0.39 is 0 Å². The summed E-state index contributed by atoms with van der Waals surface area (Å²) in [6, 6.07) is 8.03. The molecule has 2 aromatic rings. The number of carbonyl (C=O) groups excluding carboxylic acids is 1. The standard InChI is InChI=1S/C16H20N2OS2/c1-10(2)13-5-7-14(8-6-13)18-15(19)12(4)21-16-17-11(3)9-20-16/h5-10,12H,1-4H3,(H,18,19). The van der Waals surface area contributed by atoms with Crippen molar-refractivity contribution in [2.24, 2.45) is 0 Å². The Bertz CT molecular complexity index is 605. The first kappa shape index (κ1) is 16.0. The Balaban J connectivity index is 1.93. The van der Waals surface area contributed by atoms with Crippen LogP contribution in [0.5, 0.6) is 0 Å². The molecule has 0 spiro atoms. The third-order valence-electron chi connectivity index (χ3n) is 3.09. The van der Waals surface area contributed by atoms with Crippen LogP contribution in [0.25, 0.3) is 0 Å². The van der Waals surface area contributed by atoms with Crippen molar-refractivity contribution >= 4 is 34.7 Å². The summed E-state index contributed by atoms with van der Waals surface area (Å²) in [5.74, 6) is 0.502. The second kappa shape index (κ2) is 7.09. The lowest BCUT2D eigenvalue weighted by Crippen LogP contribution is -2.22. The zero-order chi connectivity index (χ0) is 15.4. The summed E-state index contributed by atoms with van der Waals surface area (Å²) in [7, 11) is 0. The lowest BCUT2D eigenvalue weighted by Gasteiger charge is -2.11. The molecule has 1 aromatic carbocycles. The van der Waals surface area contributed by atoms with Gasteiger partial charge in [-0.2, -0.15) is 0 Å². The van der Waals surface area contributed by atoms with Crippen LogP contribution in [0.2, 0.25) is 0 Å². The summed E-state index contributed by atoms with van der Waals surface area (Å²) in [5.41, 5.74) is 3.11. The van der Waals surface area contributed by atoms with Crippen LogP contribution < -0.4 is 5.32 Å². The van der Waals surface area contributed by atoms with E-state index in [0.717, 1.165) is 15.7 Å². The molecule has 1 atom stereocenters. The molecule has 1 unspecified atom stereocenters. The van der Waals surface area contributed by atoms with Gasteiger partial charge in [-0.15, -0.1) is 11.3 Å². The lowest BCUT2D eigenvalue weighted by atomic mass is 10.0. The minimum Gasteiger partial charge on any atom is -0.325 e. The first-order chi connectivity index (χ1) is 9.95. The molecular formula is C16H20N2OS2. The van der Waals surface area contributed by atoms with Crippen molar-refractivity contribution in [3.05, 3.63) is 40.9 Å². The van der Waals surface area contributed by atoms with E-state index in [1.165, 1.54) is 17.3 Å². The van der Waals surface area contributed by atoms with Gasteiger partial charge in [0.15, 0.2) is 4.34 Å². The number of thioether (sulfide) groups is 1.